The van der Waals surface area contributed by atoms with Gasteiger partial charge in [0, 0.05) is 19.5 Å². The van der Waals surface area contributed by atoms with E-state index in [4.69, 9.17) is 4.74 Å². The summed E-state index contributed by atoms with van der Waals surface area (Å²) >= 11 is 0. The number of methoxy groups -OCH3 is 1. The average molecular weight is 249 g/mol. The zero-order chi connectivity index (χ0) is 13.4. The molecule has 1 atom stereocenters. The van der Waals surface area contributed by atoms with Crippen LogP contribution in [-0.4, -0.2) is 37.2 Å². The van der Waals surface area contributed by atoms with Crippen molar-refractivity contribution in [1.82, 2.24) is 5.32 Å². The highest BCUT2D eigenvalue weighted by Crippen LogP contribution is 2.19. The third-order valence-electron chi connectivity index (χ3n) is 2.50. The van der Waals surface area contributed by atoms with Gasteiger partial charge in [0.1, 0.15) is 5.75 Å². The van der Waals surface area contributed by atoms with Crippen LogP contribution in [0.15, 0.2) is 36.9 Å². The smallest absolute Gasteiger partial charge is 0.169 e. The van der Waals surface area contributed by atoms with Crippen LogP contribution in [0.5, 0.6) is 5.75 Å². The second-order valence-corrected chi connectivity index (χ2v) is 3.93. The van der Waals surface area contributed by atoms with Crippen LogP contribution in [0.1, 0.15) is 16.8 Å². The quantitative estimate of drug-likeness (QED) is 0.415. The second-order valence-electron chi connectivity index (χ2n) is 3.93. The van der Waals surface area contributed by atoms with Crippen molar-refractivity contribution in [2.75, 3.05) is 20.2 Å². The predicted octanol–water partition coefficient (Wildman–Crippen LogP) is 1.40. The standard InChI is InChI=1S/C14H19NO3/c1-3-8-15-10-11(16)9-13(17)12-6-4-5-7-14(12)18-2/h3-7,11,15-16H,1,8-10H2,2H3. The Balaban J connectivity index is 2.56. The lowest BCUT2D eigenvalue weighted by atomic mass is 10.0. The van der Waals surface area contributed by atoms with E-state index in [1.165, 1.54) is 7.11 Å². The van der Waals surface area contributed by atoms with E-state index in [0.29, 0.717) is 24.4 Å². The molecule has 0 fully saturated rings. The highest BCUT2D eigenvalue weighted by Gasteiger charge is 2.15. The number of carbonyl (C=O) groups is 1. The number of aliphatic hydroxyl groups excluding tert-OH is 1. The third kappa shape index (κ3) is 4.31. The summed E-state index contributed by atoms with van der Waals surface area (Å²) < 4.78 is 5.12. The van der Waals surface area contributed by atoms with Crippen molar-refractivity contribution in [2.24, 2.45) is 0 Å². The number of para-hydroxylation sites is 1. The number of ether oxygens (including phenoxy) is 1. The summed E-state index contributed by atoms with van der Waals surface area (Å²) in [5, 5.41) is 12.7. The molecule has 0 radical (unpaired) electrons. The molecule has 1 unspecified atom stereocenters. The number of Topliss-reactive ketones (excluding diaryl/α,β-unsaturated/α-hetero) is 1. The molecule has 4 nitrogen and oxygen atoms in total. The van der Waals surface area contributed by atoms with E-state index < -0.39 is 6.10 Å². The zero-order valence-corrected chi connectivity index (χ0v) is 10.6. The van der Waals surface area contributed by atoms with E-state index in [1.54, 1.807) is 30.3 Å². The lowest BCUT2D eigenvalue weighted by Gasteiger charge is -2.11. The van der Waals surface area contributed by atoms with Gasteiger partial charge in [-0.15, -0.1) is 6.58 Å². The molecule has 0 heterocycles. The van der Waals surface area contributed by atoms with Crippen LogP contribution in [0.4, 0.5) is 0 Å². The minimum absolute atomic E-state index is 0.0739. The monoisotopic (exact) mass is 249 g/mol. The van der Waals surface area contributed by atoms with Gasteiger partial charge in [-0.25, -0.2) is 0 Å². The molecule has 0 aliphatic heterocycles. The van der Waals surface area contributed by atoms with Crippen molar-refractivity contribution in [3.8, 4) is 5.75 Å². The SMILES string of the molecule is C=CCNCC(O)CC(=O)c1ccccc1OC. The summed E-state index contributed by atoms with van der Waals surface area (Å²) in [7, 11) is 1.52. The van der Waals surface area contributed by atoms with Crippen LogP contribution in [-0.2, 0) is 0 Å². The van der Waals surface area contributed by atoms with Gasteiger partial charge in [0.2, 0.25) is 0 Å². The fraction of sp³-hybridized carbons (Fsp3) is 0.357. The van der Waals surface area contributed by atoms with Crippen molar-refractivity contribution in [3.63, 3.8) is 0 Å². The maximum Gasteiger partial charge on any atom is 0.169 e. The first-order chi connectivity index (χ1) is 8.69. The second kappa shape index (κ2) is 7.63. The average Bonchev–Trinajstić information content (AvgIpc) is 2.39. The first-order valence-electron chi connectivity index (χ1n) is 5.85. The lowest BCUT2D eigenvalue weighted by Crippen LogP contribution is -2.28. The van der Waals surface area contributed by atoms with Gasteiger partial charge in [-0.05, 0) is 12.1 Å². The van der Waals surface area contributed by atoms with Crippen molar-refractivity contribution in [3.05, 3.63) is 42.5 Å². The Morgan fingerprint density at radius 3 is 2.94 bits per heavy atom. The summed E-state index contributed by atoms with van der Waals surface area (Å²) in [6.07, 6.45) is 1.07. The minimum atomic E-state index is -0.706. The van der Waals surface area contributed by atoms with E-state index in [1.807, 2.05) is 0 Å². The van der Waals surface area contributed by atoms with Crippen LogP contribution >= 0.6 is 0 Å². The van der Waals surface area contributed by atoms with Gasteiger partial charge in [-0.1, -0.05) is 18.2 Å². The maximum atomic E-state index is 12.0. The molecule has 0 aliphatic rings. The number of hydrogen-bond donors (Lipinski definition) is 2. The molecule has 0 aliphatic carbocycles. The summed E-state index contributed by atoms with van der Waals surface area (Å²) in [5.41, 5.74) is 0.503. The first-order valence-corrected chi connectivity index (χ1v) is 5.85. The van der Waals surface area contributed by atoms with E-state index >= 15 is 0 Å². The summed E-state index contributed by atoms with van der Waals surface area (Å²) in [6.45, 7) is 4.54. The van der Waals surface area contributed by atoms with E-state index in [-0.39, 0.29) is 12.2 Å². The Bertz CT molecular complexity index is 404. The molecular formula is C14H19NO3. The van der Waals surface area contributed by atoms with Gasteiger partial charge < -0.3 is 15.2 Å². The molecule has 18 heavy (non-hydrogen) atoms. The normalized spacial score (nSPS) is 11.9. The number of rotatable bonds is 8. The number of carbonyl (C=O) groups excluding carboxylic acids is 1. The number of aliphatic hydroxyl groups is 1. The maximum absolute atomic E-state index is 12.0. The summed E-state index contributed by atoms with van der Waals surface area (Å²) in [5.74, 6) is 0.411. The molecule has 4 heteroatoms. The molecule has 0 saturated heterocycles. The van der Waals surface area contributed by atoms with Crippen LogP contribution in [0.3, 0.4) is 0 Å². The van der Waals surface area contributed by atoms with Gasteiger partial charge in [0.25, 0.3) is 0 Å². The highest BCUT2D eigenvalue weighted by molar-refractivity contribution is 5.98. The van der Waals surface area contributed by atoms with Gasteiger partial charge in [-0.2, -0.15) is 0 Å². The van der Waals surface area contributed by atoms with E-state index in [0.717, 1.165) is 0 Å². The Labute approximate surface area is 107 Å². The Morgan fingerprint density at radius 2 is 2.28 bits per heavy atom. The molecule has 1 aromatic carbocycles. The highest BCUT2D eigenvalue weighted by atomic mass is 16.5. The molecule has 0 spiro atoms. The molecule has 0 aromatic heterocycles. The van der Waals surface area contributed by atoms with Gasteiger partial charge in [0.15, 0.2) is 5.78 Å². The molecule has 2 N–H and O–H groups in total. The van der Waals surface area contributed by atoms with Crippen molar-refractivity contribution in [2.45, 2.75) is 12.5 Å². The molecule has 0 saturated carbocycles. The molecule has 1 aromatic rings. The molecular weight excluding hydrogens is 230 g/mol. The fourth-order valence-corrected chi connectivity index (χ4v) is 1.62. The molecule has 0 amide bonds. The molecule has 1 rings (SSSR count). The molecule has 98 valence electrons. The van der Waals surface area contributed by atoms with E-state index in [9.17, 15) is 9.90 Å². The van der Waals surface area contributed by atoms with Crippen molar-refractivity contribution < 1.29 is 14.6 Å². The predicted molar refractivity (Wildman–Crippen MR) is 71.0 cm³/mol. The van der Waals surface area contributed by atoms with Gasteiger partial charge in [0.05, 0.1) is 18.8 Å². The number of ketones is 1. The third-order valence-corrected chi connectivity index (χ3v) is 2.50. The minimum Gasteiger partial charge on any atom is -0.496 e. The van der Waals surface area contributed by atoms with Gasteiger partial charge >= 0.3 is 0 Å². The zero-order valence-electron chi connectivity index (χ0n) is 10.6. The first kappa shape index (κ1) is 14.4. The Hall–Kier alpha value is -1.65. The topological polar surface area (TPSA) is 58.6 Å². The Morgan fingerprint density at radius 1 is 1.56 bits per heavy atom. The van der Waals surface area contributed by atoms with Crippen LogP contribution in [0.2, 0.25) is 0 Å². The summed E-state index contributed by atoms with van der Waals surface area (Å²) in [4.78, 5) is 12.0. The van der Waals surface area contributed by atoms with Crippen molar-refractivity contribution in [1.29, 1.82) is 0 Å². The number of nitrogens with one attached hydrogen (secondary N) is 1. The van der Waals surface area contributed by atoms with Crippen LogP contribution in [0.25, 0.3) is 0 Å². The number of hydrogen-bond acceptors (Lipinski definition) is 4. The fourth-order valence-electron chi connectivity index (χ4n) is 1.62. The number of benzene rings is 1. The van der Waals surface area contributed by atoms with E-state index in [2.05, 4.69) is 11.9 Å². The largest absolute Gasteiger partial charge is 0.496 e. The summed E-state index contributed by atoms with van der Waals surface area (Å²) in [6, 6.07) is 7.01. The Kier molecular flexibility index (Phi) is 6.11. The van der Waals surface area contributed by atoms with Crippen LogP contribution in [0, 0.1) is 0 Å². The van der Waals surface area contributed by atoms with Gasteiger partial charge in [-0.3, -0.25) is 4.79 Å². The lowest BCUT2D eigenvalue weighted by molar-refractivity contribution is 0.0877. The molecule has 0 bridgehead atoms. The van der Waals surface area contributed by atoms with Crippen molar-refractivity contribution >= 4 is 5.78 Å². The van der Waals surface area contributed by atoms with Crippen LogP contribution < -0.4 is 10.1 Å².